The normalized spacial score (nSPS) is 16.3. The number of carbonyl (C=O) groups is 1. The summed E-state index contributed by atoms with van der Waals surface area (Å²) in [5, 5.41) is 6.67. The van der Waals surface area contributed by atoms with Crippen LogP contribution in [0.5, 0.6) is 0 Å². The van der Waals surface area contributed by atoms with Crippen LogP contribution in [-0.4, -0.2) is 27.7 Å². The van der Waals surface area contributed by atoms with Crippen molar-refractivity contribution in [3.63, 3.8) is 0 Å². The van der Waals surface area contributed by atoms with E-state index >= 15 is 0 Å². The molecule has 0 unspecified atom stereocenters. The number of hydrogen-bond acceptors (Lipinski definition) is 4. The lowest BCUT2D eigenvalue weighted by molar-refractivity contribution is -0.115. The molecule has 2 aromatic carbocycles. The third kappa shape index (κ3) is 3.56. The summed E-state index contributed by atoms with van der Waals surface area (Å²) in [4.78, 5) is 25.3. The number of H-pyrrole nitrogens is 1. The molecule has 0 bridgehead atoms. The zero-order chi connectivity index (χ0) is 17.9. The van der Waals surface area contributed by atoms with E-state index in [1.165, 1.54) is 12.1 Å². The molecule has 1 atom stereocenters. The Labute approximate surface area is 149 Å². The number of imidazole rings is 1. The summed E-state index contributed by atoms with van der Waals surface area (Å²) in [5.41, 5.74) is 3.05. The molecule has 132 valence electrons. The van der Waals surface area contributed by atoms with Gasteiger partial charge in [0.1, 0.15) is 23.5 Å². The van der Waals surface area contributed by atoms with Crippen molar-refractivity contribution in [2.24, 2.45) is 5.16 Å². The van der Waals surface area contributed by atoms with Crippen LogP contribution in [0.15, 0.2) is 53.7 Å². The van der Waals surface area contributed by atoms with Gasteiger partial charge in [0.25, 0.3) is 5.91 Å². The van der Waals surface area contributed by atoms with E-state index < -0.39 is 0 Å². The molecule has 6 nitrogen and oxygen atoms in total. The maximum atomic E-state index is 12.9. The lowest BCUT2D eigenvalue weighted by atomic mass is 10.1. The third-order valence-electron chi connectivity index (χ3n) is 4.22. The SMILES string of the molecule is O=C(NCc1ccc(F)cc1)C1=NO[C@@H](Cc2nc3ccccc3[nH]2)C1. The fourth-order valence-electron chi connectivity index (χ4n) is 2.88. The number of aromatic nitrogens is 2. The number of halogens is 1. The Hall–Kier alpha value is -3.22. The Bertz CT molecular complexity index is 932. The van der Waals surface area contributed by atoms with Crippen molar-refractivity contribution in [3.05, 3.63) is 65.7 Å². The second kappa shape index (κ2) is 6.95. The van der Waals surface area contributed by atoms with E-state index in [2.05, 4.69) is 20.4 Å². The Kier molecular flexibility index (Phi) is 4.35. The number of hydrogen-bond donors (Lipinski definition) is 2. The van der Waals surface area contributed by atoms with Gasteiger partial charge in [-0.25, -0.2) is 9.37 Å². The second-order valence-electron chi connectivity index (χ2n) is 6.18. The molecule has 0 fully saturated rings. The van der Waals surface area contributed by atoms with Gasteiger partial charge in [0.15, 0.2) is 0 Å². The molecule has 1 aliphatic rings. The monoisotopic (exact) mass is 352 g/mol. The highest BCUT2D eigenvalue weighted by Crippen LogP contribution is 2.17. The summed E-state index contributed by atoms with van der Waals surface area (Å²) in [6.45, 7) is 0.312. The molecule has 0 spiro atoms. The van der Waals surface area contributed by atoms with Gasteiger partial charge in [-0.05, 0) is 29.8 Å². The summed E-state index contributed by atoms with van der Waals surface area (Å²) in [7, 11) is 0. The van der Waals surface area contributed by atoms with Gasteiger partial charge in [-0.1, -0.05) is 29.4 Å². The minimum absolute atomic E-state index is 0.220. The summed E-state index contributed by atoms with van der Waals surface area (Å²) in [5.74, 6) is 0.225. The van der Waals surface area contributed by atoms with Crippen LogP contribution in [0, 0.1) is 5.82 Å². The van der Waals surface area contributed by atoms with E-state index in [0.717, 1.165) is 22.4 Å². The lowest BCUT2D eigenvalue weighted by Crippen LogP contribution is -2.30. The van der Waals surface area contributed by atoms with E-state index in [4.69, 9.17) is 4.84 Å². The molecule has 0 radical (unpaired) electrons. The van der Waals surface area contributed by atoms with Crippen LogP contribution in [0.2, 0.25) is 0 Å². The first-order chi connectivity index (χ1) is 12.7. The first kappa shape index (κ1) is 16.3. The van der Waals surface area contributed by atoms with E-state index in [1.807, 2.05) is 24.3 Å². The molecule has 0 aliphatic carbocycles. The summed E-state index contributed by atoms with van der Waals surface area (Å²) in [6.07, 6.45) is 0.751. The Morgan fingerprint density at radius 2 is 2.04 bits per heavy atom. The quantitative estimate of drug-likeness (QED) is 0.741. The summed E-state index contributed by atoms with van der Waals surface area (Å²) >= 11 is 0. The molecule has 1 amide bonds. The number of rotatable bonds is 5. The number of oxime groups is 1. The molecule has 26 heavy (non-hydrogen) atoms. The molecule has 4 rings (SSSR count). The van der Waals surface area contributed by atoms with Gasteiger partial charge in [0, 0.05) is 19.4 Å². The fraction of sp³-hybridized carbons (Fsp3) is 0.211. The van der Waals surface area contributed by atoms with Crippen LogP contribution >= 0.6 is 0 Å². The third-order valence-corrected chi connectivity index (χ3v) is 4.22. The van der Waals surface area contributed by atoms with Crippen LogP contribution in [0.4, 0.5) is 4.39 Å². The van der Waals surface area contributed by atoms with Crippen molar-refractivity contribution in [2.75, 3.05) is 0 Å². The Balaban J connectivity index is 1.31. The predicted octanol–water partition coefficient (Wildman–Crippen LogP) is 2.71. The van der Waals surface area contributed by atoms with Crippen molar-refractivity contribution >= 4 is 22.7 Å². The van der Waals surface area contributed by atoms with Gasteiger partial charge in [-0.15, -0.1) is 0 Å². The number of para-hydroxylation sites is 2. The number of carbonyl (C=O) groups excluding carboxylic acids is 1. The van der Waals surface area contributed by atoms with Crippen LogP contribution < -0.4 is 5.32 Å². The molecule has 0 saturated heterocycles. The van der Waals surface area contributed by atoms with E-state index in [1.54, 1.807) is 12.1 Å². The summed E-state index contributed by atoms with van der Waals surface area (Å²) < 4.78 is 12.9. The van der Waals surface area contributed by atoms with Gasteiger partial charge < -0.3 is 15.1 Å². The van der Waals surface area contributed by atoms with Crippen LogP contribution in [-0.2, 0) is 22.6 Å². The van der Waals surface area contributed by atoms with Crippen LogP contribution in [0.25, 0.3) is 11.0 Å². The maximum absolute atomic E-state index is 12.9. The van der Waals surface area contributed by atoms with Gasteiger partial charge in [-0.3, -0.25) is 4.79 Å². The first-order valence-corrected chi connectivity index (χ1v) is 8.36. The number of nitrogens with zero attached hydrogens (tertiary/aromatic N) is 2. The molecule has 1 aromatic heterocycles. The minimum Gasteiger partial charge on any atom is -0.391 e. The highest BCUT2D eigenvalue weighted by Gasteiger charge is 2.27. The number of amides is 1. The minimum atomic E-state index is -0.304. The second-order valence-corrected chi connectivity index (χ2v) is 6.18. The predicted molar refractivity (Wildman–Crippen MR) is 95.0 cm³/mol. The molecule has 2 N–H and O–H groups in total. The molecule has 7 heteroatoms. The standard InChI is InChI=1S/C19H17FN4O2/c20-13-7-5-12(6-8-13)11-21-19(25)17-9-14(26-24-17)10-18-22-15-3-1-2-4-16(15)23-18/h1-8,14H,9-11H2,(H,21,25)(H,22,23)/t14-/m1/s1. The molecule has 0 saturated carbocycles. The zero-order valence-electron chi connectivity index (χ0n) is 13.9. The van der Waals surface area contributed by atoms with Crippen LogP contribution in [0.3, 0.4) is 0 Å². The number of benzene rings is 2. The molecular weight excluding hydrogens is 335 g/mol. The van der Waals surface area contributed by atoms with Gasteiger partial charge in [0.05, 0.1) is 11.0 Å². The van der Waals surface area contributed by atoms with Gasteiger partial charge >= 0.3 is 0 Å². The van der Waals surface area contributed by atoms with Crippen molar-refractivity contribution in [3.8, 4) is 0 Å². The van der Waals surface area contributed by atoms with E-state index in [9.17, 15) is 9.18 Å². The van der Waals surface area contributed by atoms with Gasteiger partial charge in [0.2, 0.25) is 0 Å². The lowest BCUT2D eigenvalue weighted by Gasteiger charge is -2.06. The average Bonchev–Trinajstić information content (AvgIpc) is 3.27. The first-order valence-electron chi connectivity index (χ1n) is 8.36. The molecular formula is C19H17FN4O2. The summed E-state index contributed by atoms with van der Waals surface area (Å²) in [6, 6.07) is 13.8. The smallest absolute Gasteiger partial charge is 0.269 e. The Morgan fingerprint density at radius 3 is 2.85 bits per heavy atom. The number of nitrogens with one attached hydrogen (secondary N) is 2. The van der Waals surface area contributed by atoms with Gasteiger partial charge in [-0.2, -0.15) is 0 Å². The average molecular weight is 352 g/mol. The van der Waals surface area contributed by atoms with Crippen molar-refractivity contribution in [1.29, 1.82) is 0 Å². The van der Waals surface area contributed by atoms with Crippen molar-refractivity contribution in [2.45, 2.75) is 25.5 Å². The van der Waals surface area contributed by atoms with Crippen LogP contribution in [0.1, 0.15) is 17.8 Å². The fourth-order valence-corrected chi connectivity index (χ4v) is 2.88. The topological polar surface area (TPSA) is 79.4 Å². The number of aromatic amines is 1. The Morgan fingerprint density at radius 1 is 1.23 bits per heavy atom. The zero-order valence-corrected chi connectivity index (χ0v) is 13.9. The number of fused-ring (bicyclic) bond motifs is 1. The molecule has 1 aliphatic heterocycles. The van der Waals surface area contributed by atoms with E-state index in [-0.39, 0.29) is 17.8 Å². The van der Waals surface area contributed by atoms with E-state index in [0.29, 0.717) is 25.1 Å². The van der Waals surface area contributed by atoms with Crippen molar-refractivity contribution in [1.82, 2.24) is 15.3 Å². The molecule has 3 aromatic rings. The highest BCUT2D eigenvalue weighted by atomic mass is 19.1. The maximum Gasteiger partial charge on any atom is 0.269 e. The van der Waals surface area contributed by atoms with Crippen molar-refractivity contribution < 1.29 is 14.0 Å². The molecule has 2 heterocycles. The largest absolute Gasteiger partial charge is 0.391 e. The highest BCUT2D eigenvalue weighted by molar-refractivity contribution is 6.39.